The summed E-state index contributed by atoms with van der Waals surface area (Å²) in [5.41, 5.74) is 1.13. The Kier molecular flexibility index (Phi) is 2.44. The van der Waals surface area contributed by atoms with Crippen LogP contribution in [0.4, 0.5) is 4.39 Å². The molecule has 4 heteroatoms. The van der Waals surface area contributed by atoms with Crippen molar-refractivity contribution in [3.05, 3.63) is 35.1 Å². The second-order valence-electron chi connectivity index (χ2n) is 3.82. The second kappa shape index (κ2) is 3.62. The summed E-state index contributed by atoms with van der Waals surface area (Å²) < 4.78 is 12.9. The summed E-state index contributed by atoms with van der Waals surface area (Å²) in [7, 11) is 0. The molecule has 0 atom stereocenters. The first kappa shape index (κ1) is 10.1. The van der Waals surface area contributed by atoms with Crippen molar-refractivity contribution >= 4 is 5.91 Å². The highest BCUT2D eigenvalue weighted by atomic mass is 19.1. The van der Waals surface area contributed by atoms with Crippen LogP contribution >= 0.6 is 0 Å². The highest BCUT2D eigenvalue weighted by Gasteiger charge is 2.30. The van der Waals surface area contributed by atoms with Crippen molar-refractivity contribution in [3.63, 3.8) is 0 Å². The van der Waals surface area contributed by atoms with Crippen molar-refractivity contribution in [1.29, 1.82) is 0 Å². The van der Waals surface area contributed by atoms with Gasteiger partial charge in [-0.15, -0.1) is 0 Å². The first-order chi connectivity index (χ1) is 7.08. The molecule has 0 aliphatic carbocycles. The maximum absolute atomic E-state index is 12.9. The van der Waals surface area contributed by atoms with E-state index in [2.05, 4.69) is 0 Å². The van der Waals surface area contributed by atoms with Gasteiger partial charge >= 0.3 is 0 Å². The van der Waals surface area contributed by atoms with E-state index in [-0.39, 0.29) is 5.91 Å². The normalized spacial score (nSPS) is 16.3. The van der Waals surface area contributed by atoms with Gasteiger partial charge in [-0.05, 0) is 24.6 Å². The van der Waals surface area contributed by atoms with Gasteiger partial charge in [0, 0.05) is 18.7 Å². The van der Waals surface area contributed by atoms with Gasteiger partial charge in [0.2, 0.25) is 0 Å². The van der Waals surface area contributed by atoms with E-state index in [1.807, 2.05) is 0 Å². The molecule has 0 unspecified atom stereocenters. The zero-order chi connectivity index (χ0) is 11.0. The Morgan fingerprint density at radius 2 is 2.20 bits per heavy atom. The summed E-state index contributed by atoms with van der Waals surface area (Å²) in [6.45, 7) is 2.45. The predicted octanol–water partition coefficient (Wildman–Crippen LogP) is 0.951. The lowest BCUT2D eigenvalue weighted by atomic mass is 10.0. The predicted molar refractivity (Wildman–Crippen MR) is 53.0 cm³/mol. The number of carbonyl (C=O) groups is 1. The van der Waals surface area contributed by atoms with Gasteiger partial charge in [-0.2, -0.15) is 0 Å². The number of nitrogens with zero attached hydrogens (tertiary/aromatic N) is 1. The lowest BCUT2D eigenvalue weighted by molar-refractivity contribution is 0.00581. The fourth-order valence-electron chi connectivity index (χ4n) is 1.62. The summed E-state index contributed by atoms with van der Waals surface area (Å²) in [6.07, 6.45) is -0.428. The quantitative estimate of drug-likeness (QED) is 0.748. The summed E-state index contributed by atoms with van der Waals surface area (Å²) >= 11 is 0. The van der Waals surface area contributed by atoms with Crippen LogP contribution < -0.4 is 0 Å². The van der Waals surface area contributed by atoms with Gasteiger partial charge in [0.15, 0.2) is 0 Å². The number of halogens is 1. The van der Waals surface area contributed by atoms with Gasteiger partial charge in [-0.3, -0.25) is 4.79 Å². The number of aryl methyl sites for hydroxylation is 1. The minimum absolute atomic E-state index is 0.211. The molecule has 0 radical (unpaired) electrons. The summed E-state index contributed by atoms with van der Waals surface area (Å²) in [6, 6.07) is 4.15. The van der Waals surface area contributed by atoms with E-state index >= 15 is 0 Å². The molecule has 0 aromatic heterocycles. The third kappa shape index (κ3) is 1.85. The molecule has 1 amide bonds. The molecule has 1 heterocycles. The van der Waals surface area contributed by atoms with Gasteiger partial charge in [0.05, 0.1) is 6.10 Å². The number of rotatable bonds is 1. The van der Waals surface area contributed by atoms with Gasteiger partial charge < -0.3 is 10.0 Å². The summed E-state index contributed by atoms with van der Waals surface area (Å²) in [5, 5.41) is 9.07. The zero-order valence-electron chi connectivity index (χ0n) is 8.40. The number of likely N-dealkylation sites (tertiary alicyclic amines) is 1. The van der Waals surface area contributed by atoms with Gasteiger partial charge in [-0.25, -0.2) is 4.39 Å². The van der Waals surface area contributed by atoms with Gasteiger partial charge in [0.1, 0.15) is 5.82 Å². The number of aliphatic hydroxyl groups is 1. The average Bonchev–Trinajstić information content (AvgIpc) is 2.16. The van der Waals surface area contributed by atoms with Crippen molar-refractivity contribution in [2.45, 2.75) is 13.0 Å². The van der Waals surface area contributed by atoms with E-state index in [0.29, 0.717) is 18.7 Å². The lowest BCUT2D eigenvalue weighted by Crippen LogP contribution is -2.53. The van der Waals surface area contributed by atoms with Gasteiger partial charge in [0.25, 0.3) is 5.91 Å². The Bertz CT molecular complexity index is 400. The molecule has 1 saturated heterocycles. The molecule has 80 valence electrons. The van der Waals surface area contributed by atoms with E-state index in [4.69, 9.17) is 5.11 Å². The fourth-order valence-corrected chi connectivity index (χ4v) is 1.62. The Morgan fingerprint density at radius 1 is 1.53 bits per heavy atom. The molecule has 3 nitrogen and oxygen atoms in total. The van der Waals surface area contributed by atoms with E-state index in [1.54, 1.807) is 13.0 Å². The zero-order valence-corrected chi connectivity index (χ0v) is 8.40. The fraction of sp³-hybridized carbons (Fsp3) is 0.364. The third-order valence-corrected chi connectivity index (χ3v) is 2.58. The van der Waals surface area contributed by atoms with Crippen molar-refractivity contribution in [2.75, 3.05) is 13.1 Å². The highest BCUT2D eigenvalue weighted by Crippen LogP contribution is 2.17. The number of aliphatic hydroxyl groups excluding tert-OH is 1. The number of benzene rings is 1. The highest BCUT2D eigenvalue weighted by molar-refractivity contribution is 5.96. The first-order valence-electron chi connectivity index (χ1n) is 4.81. The molecular weight excluding hydrogens is 197 g/mol. The molecule has 0 spiro atoms. The van der Waals surface area contributed by atoms with Crippen LogP contribution in [0.2, 0.25) is 0 Å². The largest absolute Gasteiger partial charge is 0.389 e. The molecular formula is C11H12FNO2. The minimum atomic E-state index is -0.428. The molecule has 1 aromatic rings. The Hall–Kier alpha value is -1.42. The second-order valence-corrected chi connectivity index (χ2v) is 3.82. The number of hydrogen-bond donors (Lipinski definition) is 1. The molecule has 1 aliphatic rings. The minimum Gasteiger partial charge on any atom is -0.389 e. The SMILES string of the molecule is Cc1ccc(F)cc1C(=O)N1CC(O)C1. The molecule has 2 rings (SSSR count). The van der Waals surface area contributed by atoms with Crippen LogP contribution in [0.15, 0.2) is 18.2 Å². The molecule has 1 fully saturated rings. The maximum Gasteiger partial charge on any atom is 0.254 e. The number of β-amino-alcohol motifs (C(OH)–C–C–N with tert-alkyl or cyclic N) is 1. The van der Waals surface area contributed by atoms with Crippen molar-refractivity contribution in [3.8, 4) is 0 Å². The van der Waals surface area contributed by atoms with Crippen LogP contribution in [0.1, 0.15) is 15.9 Å². The number of carbonyl (C=O) groups excluding carboxylic acids is 1. The summed E-state index contributed by atoms with van der Waals surface area (Å²) in [5.74, 6) is -0.623. The standard InChI is InChI=1S/C11H12FNO2/c1-7-2-3-8(12)4-10(7)11(15)13-5-9(14)6-13/h2-4,9,14H,5-6H2,1H3. The van der Waals surface area contributed by atoms with Crippen molar-refractivity contribution < 1.29 is 14.3 Å². The molecule has 15 heavy (non-hydrogen) atoms. The van der Waals surface area contributed by atoms with E-state index in [0.717, 1.165) is 5.56 Å². The van der Waals surface area contributed by atoms with Crippen LogP contribution in [0.3, 0.4) is 0 Å². The van der Waals surface area contributed by atoms with Crippen LogP contribution in [-0.4, -0.2) is 35.1 Å². The van der Waals surface area contributed by atoms with Gasteiger partial charge in [-0.1, -0.05) is 6.07 Å². The Labute approximate surface area is 87.1 Å². The van der Waals surface area contributed by atoms with Crippen LogP contribution in [0.5, 0.6) is 0 Å². The molecule has 1 aliphatic heterocycles. The smallest absolute Gasteiger partial charge is 0.254 e. The number of hydrogen-bond acceptors (Lipinski definition) is 2. The molecule has 1 aromatic carbocycles. The molecule has 1 N–H and O–H groups in total. The average molecular weight is 209 g/mol. The van der Waals surface area contributed by atoms with E-state index < -0.39 is 11.9 Å². The molecule has 0 saturated carbocycles. The Balaban J connectivity index is 2.22. The maximum atomic E-state index is 12.9. The van der Waals surface area contributed by atoms with Crippen molar-refractivity contribution in [1.82, 2.24) is 4.90 Å². The van der Waals surface area contributed by atoms with Crippen LogP contribution in [0.25, 0.3) is 0 Å². The van der Waals surface area contributed by atoms with E-state index in [1.165, 1.54) is 17.0 Å². The third-order valence-electron chi connectivity index (χ3n) is 2.58. The topological polar surface area (TPSA) is 40.5 Å². The monoisotopic (exact) mass is 209 g/mol. The van der Waals surface area contributed by atoms with Crippen LogP contribution in [-0.2, 0) is 0 Å². The van der Waals surface area contributed by atoms with E-state index in [9.17, 15) is 9.18 Å². The lowest BCUT2D eigenvalue weighted by Gasteiger charge is -2.36. The summed E-state index contributed by atoms with van der Waals surface area (Å²) in [4.78, 5) is 13.3. The van der Waals surface area contributed by atoms with Crippen molar-refractivity contribution in [2.24, 2.45) is 0 Å². The Morgan fingerprint density at radius 3 is 2.80 bits per heavy atom. The molecule has 0 bridgehead atoms. The first-order valence-corrected chi connectivity index (χ1v) is 4.81. The number of amides is 1. The van der Waals surface area contributed by atoms with Crippen LogP contribution in [0, 0.1) is 12.7 Å².